The van der Waals surface area contributed by atoms with Gasteiger partial charge in [0.2, 0.25) is 5.91 Å². The van der Waals surface area contributed by atoms with Crippen molar-refractivity contribution in [2.75, 3.05) is 37.1 Å². The van der Waals surface area contributed by atoms with Crippen molar-refractivity contribution in [1.82, 2.24) is 0 Å². The van der Waals surface area contributed by atoms with Gasteiger partial charge in [0.05, 0.1) is 25.3 Å². The summed E-state index contributed by atoms with van der Waals surface area (Å²) in [4.78, 5) is 38.5. The van der Waals surface area contributed by atoms with Gasteiger partial charge < -0.3 is 24.4 Å². The standard InChI is InChI=1S/C22H23ClN2O6/c1-3-30-17-7-5-16(6-8-17)25-12-14(10-21(25)27)22(28)31-13-20(26)24-18-11-15(23)4-9-19(18)29-2/h4-9,11,14H,3,10,12-13H2,1-2H3,(H,24,26)/t14-/m1/s1. The number of nitrogens with zero attached hydrogens (tertiary/aromatic N) is 1. The largest absolute Gasteiger partial charge is 0.495 e. The molecule has 3 rings (SSSR count). The highest BCUT2D eigenvalue weighted by Gasteiger charge is 2.36. The van der Waals surface area contributed by atoms with Crippen LogP contribution in [0.1, 0.15) is 13.3 Å². The highest BCUT2D eigenvalue weighted by Crippen LogP contribution is 2.29. The SMILES string of the molecule is CCOc1ccc(N2C[C@H](C(=O)OCC(=O)Nc3cc(Cl)ccc3OC)CC2=O)cc1. The molecule has 164 valence electrons. The molecule has 2 aromatic carbocycles. The number of carbonyl (C=O) groups excluding carboxylic acids is 3. The molecule has 1 heterocycles. The average molecular weight is 447 g/mol. The van der Waals surface area contributed by atoms with Gasteiger partial charge in [-0.1, -0.05) is 11.6 Å². The van der Waals surface area contributed by atoms with E-state index in [2.05, 4.69) is 5.32 Å². The van der Waals surface area contributed by atoms with E-state index in [4.69, 9.17) is 25.8 Å². The predicted molar refractivity (Wildman–Crippen MR) is 116 cm³/mol. The number of anilines is 2. The van der Waals surface area contributed by atoms with Crippen molar-refractivity contribution in [3.05, 3.63) is 47.5 Å². The Bertz CT molecular complexity index is 963. The molecule has 0 spiro atoms. The summed E-state index contributed by atoms with van der Waals surface area (Å²) < 4.78 is 15.7. The summed E-state index contributed by atoms with van der Waals surface area (Å²) in [6.45, 7) is 2.14. The molecule has 31 heavy (non-hydrogen) atoms. The van der Waals surface area contributed by atoms with Crippen LogP contribution in [0, 0.1) is 5.92 Å². The molecule has 2 aromatic rings. The molecular formula is C22H23ClN2O6. The van der Waals surface area contributed by atoms with E-state index in [9.17, 15) is 14.4 Å². The Morgan fingerprint density at radius 2 is 1.94 bits per heavy atom. The van der Waals surface area contributed by atoms with Gasteiger partial charge in [-0.05, 0) is 49.4 Å². The van der Waals surface area contributed by atoms with Gasteiger partial charge in [0.1, 0.15) is 11.5 Å². The Morgan fingerprint density at radius 3 is 2.61 bits per heavy atom. The van der Waals surface area contributed by atoms with Gasteiger partial charge in [0.15, 0.2) is 6.61 Å². The van der Waals surface area contributed by atoms with E-state index in [0.717, 1.165) is 0 Å². The molecule has 0 radical (unpaired) electrons. The van der Waals surface area contributed by atoms with Gasteiger partial charge >= 0.3 is 5.97 Å². The van der Waals surface area contributed by atoms with Gasteiger partial charge in [-0.2, -0.15) is 0 Å². The lowest BCUT2D eigenvalue weighted by Crippen LogP contribution is -2.28. The van der Waals surface area contributed by atoms with Crippen molar-refractivity contribution >= 4 is 40.8 Å². The topological polar surface area (TPSA) is 94.2 Å². The number of rotatable bonds is 8. The monoisotopic (exact) mass is 446 g/mol. The lowest BCUT2D eigenvalue weighted by Gasteiger charge is -2.17. The molecule has 0 unspecified atom stereocenters. The minimum atomic E-state index is -0.646. The number of hydrogen-bond acceptors (Lipinski definition) is 6. The fraction of sp³-hybridized carbons (Fsp3) is 0.318. The van der Waals surface area contributed by atoms with Gasteiger partial charge in [0.25, 0.3) is 5.91 Å². The van der Waals surface area contributed by atoms with Gasteiger partial charge in [-0.15, -0.1) is 0 Å². The second kappa shape index (κ2) is 10.2. The lowest BCUT2D eigenvalue weighted by molar-refractivity contribution is -0.151. The van der Waals surface area contributed by atoms with E-state index < -0.39 is 24.4 Å². The van der Waals surface area contributed by atoms with Gasteiger partial charge in [0, 0.05) is 23.7 Å². The zero-order chi connectivity index (χ0) is 22.4. The first-order chi connectivity index (χ1) is 14.9. The van der Waals surface area contributed by atoms with Crippen molar-refractivity contribution in [3.8, 4) is 11.5 Å². The van der Waals surface area contributed by atoms with Crippen molar-refractivity contribution in [2.24, 2.45) is 5.92 Å². The Balaban J connectivity index is 1.53. The molecule has 0 saturated carbocycles. The number of ether oxygens (including phenoxy) is 3. The number of benzene rings is 2. The zero-order valence-corrected chi connectivity index (χ0v) is 18.0. The summed E-state index contributed by atoms with van der Waals surface area (Å²) in [6, 6.07) is 11.8. The van der Waals surface area contributed by atoms with Crippen LogP contribution in [0.4, 0.5) is 11.4 Å². The average Bonchev–Trinajstić information content (AvgIpc) is 3.15. The fourth-order valence-corrected chi connectivity index (χ4v) is 3.39. The van der Waals surface area contributed by atoms with Crippen molar-refractivity contribution < 1.29 is 28.6 Å². The Labute approximate surface area is 185 Å². The summed E-state index contributed by atoms with van der Waals surface area (Å²) in [5.74, 6) is -0.837. The predicted octanol–water partition coefficient (Wildman–Crippen LogP) is 3.28. The molecule has 0 aromatic heterocycles. The summed E-state index contributed by atoms with van der Waals surface area (Å²) in [5, 5.41) is 3.02. The van der Waals surface area contributed by atoms with Crippen LogP contribution in [0.2, 0.25) is 5.02 Å². The second-order valence-electron chi connectivity index (χ2n) is 6.83. The molecular weight excluding hydrogens is 424 g/mol. The van der Waals surface area contributed by atoms with Gasteiger partial charge in [-0.25, -0.2) is 0 Å². The Morgan fingerprint density at radius 1 is 1.19 bits per heavy atom. The first-order valence-electron chi connectivity index (χ1n) is 9.74. The Hall–Kier alpha value is -3.26. The third-order valence-electron chi connectivity index (χ3n) is 4.70. The van der Waals surface area contributed by atoms with Crippen LogP contribution in [0.5, 0.6) is 11.5 Å². The van der Waals surface area contributed by atoms with Gasteiger partial charge in [-0.3, -0.25) is 14.4 Å². The minimum absolute atomic E-state index is 0.0236. The van der Waals surface area contributed by atoms with E-state index in [1.165, 1.54) is 18.1 Å². The minimum Gasteiger partial charge on any atom is -0.495 e. The molecule has 1 N–H and O–H groups in total. The molecule has 9 heteroatoms. The highest BCUT2D eigenvalue weighted by atomic mass is 35.5. The third kappa shape index (κ3) is 5.67. The van der Waals surface area contributed by atoms with E-state index >= 15 is 0 Å². The first-order valence-corrected chi connectivity index (χ1v) is 10.1. The molecule has 1 fully saturated rings. The van der Waals surface area contributed by atoms with E-state index in [1.54, 1.807) is 36.4 Å². The fourth-order valence-electron chi connectivity index (χ4n) is 3.22. The molecule has 1 atom stereocenters. The molecule has 1 aliphatic rings. The zero-order valence-electron chi connectivity index (χ0n) is 17.2. The van der Waals surface area contributed by atoms with Crippen LogP contribution in [0.3, 0.4) is 0 Å². The first kappa shape index (κ1) is 22.4. The summed E-state index contributed by atoms with van der Waals surface area (Å²) in [7, 11) is 1.46. The van der Waals surface area contributed by atoms with Crippen LogP contribution in [0.15, 0.2) is 42.5 Å². The van der Waals surface area contributed by atoms with Crippen LogP contribution >= 0.6 is 11.6 Å². The molecule has 0 bridgehead atoms. The maximum absolute atomic E-state index is 12.4. The highest BCUT2D eigenvalue weighted by molar-refractivity contribution is 6.31. The summed E-state index contributed by atoms with van der Waals surface area (Å²) in [6.07, 6.45) is 0.0236. The van der Waals surface area contributed by atoms with E-state index in [1.807, 2.05) is 6.92 Å². The number of methoxy groups -OCH3 is 1. The number of esters is 1. The number of amides is 2. The molecule has 2 amide bonds. The van der Waals surface area contributed by atoms with Crippen molar-refractivity contribution in [2.45, 2.75) is 13.3 Å². The maximum atomic E-state index is 12.4. The van der Waals surface area contributed by atoms with Crippen molar-refractivity contribution in [1.29, 1.82) is 0 Å². The number of carbonyl (C=O) groups is 3. The number of nitrogens with one attached hydrogen (secondary N) is 1. The van der Waals surface area contributed by atoms with Crippen LogP contribution in [0.25, 0.3) is 0 Å². The molecule has 0 aliphatic carbocycles. The van der Waals surface area contributed by atoms with E-state index in [0.29, 0.717) is 34.5 Å². The smallest absolute Gasteiger partial charge is 0.311 e. The molecule has 8 nitrogen and oxygen atoms in total. The maximum Gasteiger partial charge on any atom is 0.311 e. The summed E-state index contributed by atoms with van der Waals surface area (Å²) in [5.41, 5.74) is 1.04. The molecule has 1 saturated heterocycles. The Kier molecular flexibility index (Phi) is 7.36. The lowest BCUT2D eigenvalue weighted by atomic mass is 10.1. The van der Waals surface area contributed by atoms with Crippen LogP contribution in [-0.2, 0) is 19.1 Å². The van der Waals surface area contributed by atoms with Crippen LogP contribution in [-0.4, -0.2) is 44.7 Å². The van der Waals surface area contributed by atoms with E-state index in [-0.39, 0.29) is 18.9 Å². The normalized spacial score (nSPS) is 15.5. The van der Waals surface area contributed by atoms with Crippen LogP contribution < -0.4 is 19.7 Å². The summed E-state index contributed by atoms with van der Waals surface area (Å²) >= 11 is 5.94. The third-order valence-corrected chi connectivity index (χ3v) is 4.93. The second-order valence-corrected chi connectivity index (χ2v) is 7.27. The quantitative estimate of drug-likeness (QED) is 0.625. The number of hydrogen-bond donors (Lipinski definition) is 1. The molecule has 1 aliphatic heterocycles. The number of halogens is 1. The van der Waals surface area contributed by atoms with Crippen molar-refractivity contribution in [3.63, 3.8) is 0 Å².